The number of hydrogen-bond donors (Lipinski definition) is 1. The summed E-state index contributed by atoms with van der Waals surface area (Å²) in [5, 5.41) is 0. The second-order valence-corrected chi connectivity index (χ2v) is 3.66. The molecule has 0 aliphatic rings. The van der Waals surface area contributed by atoms with Crippen molar-refractivity contribution in [1.29, 1.82) is 0 Å². The van der Waals surface area contributed by atoms with Crippen molar-refractivity contribution >= 4 is 0 Å². The summed E-state index contributed by atoms with van der Waals surface area (Å²) in [4.78, 5) is 2.29. The molecule has 80 valence electrons. The quantitative estimate of drug-likeness (QED) is 0.646. The number of nitrogens with two attached hydrogens (primary N) is 1. The second-order valence-electron chi connectivity index (χ2n) is 3.66. The Morgan fingerprint density at radius 1 is 1.46 bits per heavy atom. The Morgan fingerprint density at radius 2 is 2.08 bits per heavy atom. The van der Waals surface area contributed by atoms with Crippen LogP contribution in [0, 0.1) is 5.92 Å². The summed E-state index contributed by atoms with van der Waals surface area (Å²) in [6.45, 7) is 6.93. The minimum atomic E-state index is 0.486. The van der Waals surface area contributed by atoms with Crippen LogP contribution < -0.4 is 5.73 Å². The van der Waals surface area contributed by atoms with Gasteiger partial charge in [-0.3, -0.25) is 4.90 Å². The zero-order valence-corrected chi connectivity index (χ0v) is 9.42. The minimum absolute atomic E-state index is 0.486. The summed E-state index contributed by atoms with van der Waals surface area (Å²) in [5.41, 5.74) is 5.74. The molecule has 0 bridgehead atoms. The van der Waals surface area contributed by atoms with Crippen molar-refractivity contribution in [3.63, 3.8) is 0 Å². The molecule has 0 rings (SSSR count). The van der Waals surface area contributed by atoms with E-state index in [1.807, 2.05) is 0 Å². The fraction of sp³-hybridized carbons (Fsp3) is 1.00. The fourth-order valence-corrected chi connectivity index (χ4v) is 1.52. The molecule has 0 saturated carbocycles. The molecule has 2 atom stereocenters. The highest BCUT2D eigenvalue weighted by Crippen LogP contribution is 2.11. The number of likely N-dealkylation sites (N-methyl/N-ethyl adjacent to an activating group) is 1. The predicted octanol–water partition coefficient (Wildman–Crippen LogP) is 0.938. The second kappa shape index (κ2) is 7.30. The number of rotatable bonds is 7. The topological polar surface area (TPSA) is 38.5 Å². The van der Waals surface area contributed by atoms with Crippen molar-refractivity contribution in [2.45, 2.75) is 26.3 Å². The Hall–Kier alpha value is -0.120. The molecule has 0 heterocycles. The van der Waals surface area contributed by atoms with Gasteiger partial charge in [-0.15, -0.1) is 0 Å². The van der Waals surface area contributed by atoms with Crippen LogP contribution in [0.25, 0.3) is 0 Å². The van der Waals surface area contributed by atoms with E-state index >= 15 is 0 Å². The number of methoxy groups -OCH3 is 1. The maximum Gasteiger partial charge on any atom is 0.0589 e. The third-order valence-corrected chi connectivity index (χ3v) is 2.76. The lowest BCUT2D eigenvalue weighted by molar-refractivity contribution is 0.120. The summed E-state index contributed by atoms with van der Waals surface area (Å²) in [6, 6.07) is 0.486. The van der Waals surface area contributed by atoms with Crippen LogP contribution in [0.4, 0.5) is 0 Å². The van der Waals surface area contributed by atoms with Gasteiger partial charge in [0.15, 0.2) is 0 Å². The molecule has 2 N–H and O–H groups in total. The van der Waals surface area contributed by atoms with Crippen LogP contribution in [0.2, 0.25) is 0 Å². The van der Waals surface area contributed by atoms with E-state index in [2.05, 4.69) is 25.8 Å². The van der Waals surface area contributed by atoms with E-state index in [4.69, 9.17) is 10.5 Å². The number of hydrogen-bond acceptors (Lipinski definition) is 3. The smallest absolute Gasteiger partial charge is 0.0589 e. The highest BCUT2D eigenvalue weighted by molar-refractivity contribution is 4.74. The molecule has 0 saturated heterocycles. The van der Waals surface area contributed by atoms with E-state index in [9.17, 15) is 0 Å². The lowest BCUT2D eigenvalue weighted by atomic mass is 9.98. The van der Waals surface area contributed by atoms with Gasteiger partial charge in [-0.05, 0) is 13.0 Å². The Labute approximate surface area is 82.2 Å². The zero-order valence-electron chi connectivity index (χ0n) is 9.42. The van der Waals surface area contributed by atoms with E-state index < -0.39 is 0 Å². The van der Waals surface area contributed by atoms with Gasteiger partial charge in [0.2, 0.25) is 0 Å². The Bertz CT molecular complexity index is 119. The van der Waals surface area contributed by atoms with Gasteiger partial charge < -0.3 is 10.5 Å². The molecule has 0 aliphatic carbocycles. The molecule has 0 aromatic rings. The maximum absolute atomic E-state index is 5.74. The molecule has 3 nitrogen and oxygen atoms in total. The monoisotopic (exact) mass is 188 g/mol. The van der Waals surface area contributed by atoms with Crippen LogP contribution in [-0.4, -0.2) is 44.8 Å². The van der Waals surface area contributed by atoms with Crippen LogP contribution in [-0.2, 0) is 4.74 Å². The summed E-state index contributed by atoms with van der Waals surface area (Å²) in [7, 11) is 3.84. The average Bonchev–Trinajstić information content (AvgIpc) is 2.15. The molecule has 0 aromatic carbocycles. The molecule has 0 aromatic heterocycles. The van der Waals surface area contributed by atoms with Crippen LogP contribution in [0.3, 0.4) is 0 Å². The van der Waals surface area contributed by atoms with Crippen LogP contribution >= 0.6 is 0 Å². The predicted molar refractivity (Wildman–Crippen MR) is 56.8 cm³/mol. The zero-order chi connectivity index (χ0) is 10.3. The van der Waals surface area contributed by atoms with Gasteiger partial charge in [-0.1, -0.05) is 20.3 Å². The summed E-state index contributed by atoms with van der Waals surface area (Å²) in [5.74, 6) is 0.659. The van der Waals surface area contributed by atoms with Gasteiger partial charge in [-0.2, -0.15) is 0 Å². The lowest BCUT2D eigenvalue weighted by Crippen LogP contribution is -2.43. The minimum Gasteiger partial charge on any atom is -0.383 e. The van der Waals surface area contributed by atoms with Gasteiger partial charge in [0.25, 0.3) is 0 Å². The standard InChI is InChI=1S/C10H24N2O/c1-5-9(2)10(8-11)12(3)6-7-13-4/h9-10H,5-8,11H2,1-4H3. The molecule has 0 spiro atoms. The largest absolute Gasteiger partial charge is 0.383 e. The van der Waals surface area contributed by atoms with Crippen molar-refractivity contribution in [3.05, 3.63) is 0 Å². The van der Waals surface area contributed by atoms with Crippen molar-refractivity contribution in [1.82, 2.24) is 4.90 Å². The first-order valence-electron chi connectivity index (χ1n) is 5.06. The Morgan fingerprint density at radius 3 is 2.46 bits per heavy atom. The molecular formula is C10H24N2O. The molecule has 0 radical (unpaired) electrons. The van der Waals surface area contributed by atoms with Crippen molar-refractivity contribution in [3.8, 4) is 0 Å². The number of ether oxygens (including phenoxy) is 1. The number of nitrogens with zero attached hydrogens (tertiary/aromatic N) is 1. The van der Waals surface area contributed by atoms with Gasteiger partial charge >= 0.3 is 0 Å². The Kier molecular flexibility index (Phi) is 7.23. The molecule has 13 heavy (non-hydrogen) atoms. The lowest BCUT2D eigenvalue weighted by Gasteiger charge is -2.31. The first-order chi connectivity index (χ1) is 6.17. The van der Waals surface area contributed by atoms with Crippen LogP contribution in [0.1, 0.15) is 20.3 Å². The fourth-order valence-electron chi connectivity index (χ4n) is 1.52. The molecule has 0 amide bonds. The summed E-state index contributed by atoms with van der Waals surface area (Å²) in [6.07, 6.45) is 1.18. The molecule has 3 heteroatoms. The van der Waals surface area contributed by atoms with Gasteiger partial charge in [-0.25, -0.2) is 0 Å². The average molecular weight is 188 g/mol. The van der Waals surface area contributed by atoms with Gasteiger partial charge in [0.05, 0.1) is 6.61 Å². The molecule has 0 aliphatic heterocycles. The van der Waals surface area contributed by atoms with Gasteiger partial charge in [0, 0.05) is 26.2 Å². The van der Waals surface area contributed by atoms with Gasteiger partial charge in [0.1, 0.15) is 0 Å². The van der Waals surface area contributed by atoms with Crippen molar-refractivity contribution < 1.29 is 4.74 Å². The first kappa shape index (κ1) is 12.9. The van der Waals surface area contributed by atoms with Crippen molar-refractivity contribution in [2.24, 2.45) is 11.7 Å². The molecule has 2 unspecified atom stereocenters. The normalized spacial score (nSPS) is 16.2. The van der Waals surface area contributed by atoms with E-state index in [-0.39, 0.29) is 0 Å². The highest BCUT2D eigenvalue weighted by atomic mass is 16.5. The van der Waals surface area contributed by atoms with Crippen LogP contribution in [0.15, 0.2) is 0 Å². The third-order valence-electron chi connectivity index (χ3n) is 2.76. The summed E-state index contributed by atoms with van der Waals surface area (Å²) >= 11 is 0. The SMILES string of the molecule is CCC(C)C(CN)N(C)CCOC. The summed E-state index contributed by atoms with van der Waals surface area (Å²) < 4.78 is 5.04. The van der Waals surface area contributed by atoms with E-state index in [0.29, 0.717) is 12.0 Å². The van der Waals surface area contributed by atoms with E-state index in [1.54, 1.807) is 7.11 Å². The van der Waals surface area contributed by atoms with E-state index in [1.165, 1.54) is 6.42 Å². The van der Waals surface area contributed by atoms with E-state index in [0.717, 1.165) is 19.7 Å². The molecule has 0 fully saturated rings. The Balaban J connectivity index is 3.90. The maximum atomic E-state index is 5.74. The van der Waals surface area contributed by atoms with Crippen molar-refractivity contribution in [2.75, 3.05) is 33.9 Å². The first-order valence-corrected chi connectivity index (χ1v) is 5.06. The highest BCUT2D eigenvalue weighted by Gasteiger charge is 2.18. The van der Waals surface area contributed by atoms with Crippen LogP contribution in [0.5, 0.6) is 0 Å². The third kappa shape index (κ3) is 4.60. The molecular weight excluding hydrogens is 164 g/mol.